The van der Waals surface area contributed by atoms with Crippen molar-refractivity contribution in [2.45, 2.75) is 45.1 Å². The van der Waals surface area contributed by atoms with Gasteiger partial charge < -0.3 is 10.3 Å². The number of fused-ring (bicyclic) bond motifs is 1. The minimum atomic E-state index is -0.164. The fourth-order valence-electron chi connectivity index (χ4n) is 2.25. The molecular formula is C13H18N4OS. The Bertz CT molecular complexity index is 661. The molecule has 0 aliphatic carbocycles. The minimum absolute atomic E-state index is 0.129. The van der Waals surface area contributed by atoms with Gasteiger partial charge in [0.2, 0.25) is 0 Å². The number of H-pyrrole nitrogens is 1. The monoisotopic (exact) mass is 278 g/mol. The van der Waals surface area contributed by atoms with Gasteiger partial charge in [-0.25, -0.2) is 9.97 Å². The van der Waals surface area contributed by atoms with Gasteiger partial charge in [0.1, 0.15) is 10.8 Å². The van der Waals surface area contributed by atoms with Crippen LogP contribution in [0.5, 0.6) is 0 Å². The second-order valence-electron chi connectivity index (χ2n) is 6.02. The van der Waals surface area contributed by atoms with Crippen LogP contribution >= 0.6 is 11.3 Å². The first-order valence-corrected chi connectivity index (χ1v) is 7.41. The Morgan fingerprint density at radius 1 is 1.32 bits per heavy atom. The van der Waals surface area contributed by atoms with Crippen molar-refractivity contribution in [3.63, 3.8) is 0 Å². The van der Waals surface area contributed by atoms with Gasteiger partial charge in [0.15, 0.2) is 10.3 Å². The van der Waals surface area contributed by atoms with Crippen LogP contribution in [0, 0.1) is 0 Å². The molecule has 1 fully saturated rings. The second kappa shape index (κ2) is 4.38. The van der Waals surface area contributed by atoms with Crippen LogP contribution in [-0.4, -0.2) is 21.5 Å². The van der Waals surface area contributed by atoms with E-state index in [1.807, 2.05) is 20.8 Å². The lowest BCUT2D eigenvalue weighted by atomic mass is 9.96. The molecule has 6 heteroatoms. The SMILES string of the molecule is CC(C)(C)c1nc2sc([C@H]3CCCN3)nc2c(=O)[nH]1. The fraction of sp³-hybridized carbons (Fsp3) is 0.615. The Kier molecular flexibility index (Phi) is 2.94. The van der Waals surface area contributed by atoms with Crippen LogP contribution in [0.2, 0.25) is 0 Å². The molecule has 1 aliphatic rings. The molecule has 0 saturated carbocycles. The number of rotatable bonds is 1. The summed E-state index contributed by atoms with van der Waals surface area (Å²) in [5.74, 6) is 0.722. The largest absolute Gasteiger partial charge is 0.308 e. The summed E-state index contributed by atoms with van der Waals surface area (Å²) in [5, 5.41) is 4.39. The van der Waals surface area contributed by atoms with Crippen molar-refractivity contribution in [3.05, 3.63) is 21.2 Å². The van der Waals surface area contributed by atoms with Crippen molar-refractivity contribution < 1.29 is 0 Å². The number of aromatic nitrogens is 3. The predicted molar refractivity (Wildman–Crippen MR) is 76.7 cm³/mol. The van der Waals surface area contributed by atoms with E-state index in [1.54, 1.807) is 0 Å². The standard InChI is InChI=1S/C13H18N4OS/c1-13(2,3)12-16-9(18)8-11(17-12)19-10(15-8)7-5-4-6-14-7/h7,14H,4-6H2,1-3H3,(H,16,17,18)/t7-/m1/s1. The number of nitrogens with zero attached hydrogens (tertiary/aromatic N) is 2. The van der Waals surface area contributed by atoms with Gasteiger partial charge >= 0.3 is 0 Å². The molecule has 5 nitrogen and oxygen atoms in total. The van der Waals surface area contributed by atoms with Gasteiger partial charge in [0, 0.05) is 5.41 Å². The molecule has 3 heterocycles. The van der Waals surface area contributed by atoms with Gasteiger partial charge in [-0.2, -0.15) is 0 Å². The zero-order valence-corrected chi connectivity index (χ0v) is 12.2. The maximum Gasteiger partial charge on any atom is 0.278 e. The van der Waals surface area contributed by atoms with Gasteiger partial charge in [0.05, 0.1) is 6.04 Å². The highest BCUT2D eigenvalue weighted by molar-refractivity contribution is 7.18. The lowest BCUT2D eigenvalue weighted by molar-refractivity contribution is 0.546. The summed E-state index contributed by atoms with van der Waals surface area (Å²) in [7, 11) is 0. The average molecular weight is 278 g/mol. The van der Waals surface area contributed by atoms with Gasteiger partial charge in [-0.15, -0.1) is 0 Å². The molecule has 0 unspecified atom stereocenters. The number of nitrogens with one attached hydrogen (secondary N) is 2. The van der Waals surface area contributed by atoms with Gasteiger partial charge in [-0.1, -0.05) is 32.1 Å². The summed E-state index contributed by atoms with van der Waals surface area (Å²) in [6.07, 6.45) is 2.25. The van der Waals surface area contributed by atoms with Crippen molar-refractivity contribution in [3.8, 4) is 0 Å². The highest BCUT2D eigenvalue weighted by Gasteiger charge is 2.23. The van der Waals surface area contributed by atoms with Crippen LogP contribution in [0.25, 0.3) is 10.3 Å². The van der Waals surface area contributed by atoms with Crippen molar-refractivity contribution in [1.82, 2.24) is 20.3 Å². The van der Waals surface area contributed by atoms with Crippen molar-refractivity contribution in [1.29, 1.82) is 0 Å². The topological polar surface area (TPSA) is 70.7 Å². The summed E-state index contributed by atoms with van der Waals surface area (Å²) >= 11 is 1.53. The lowest BCUT2D eigenvalue weighted by Crippen LogP contribution is -2.21. The molecule has 0 radical (unpaired) electrons. The van der Waals surface area contributed by atoms with E-state index in [2.05, 4.69) is 20.3 Å². The molecule has 0 bridgehead atoms. The molecule has 1 aliphatic heterocycles. The molecule has 19 heavy (non-hydrogen) atoms. The predicted octanol–water partition coefficient (Wildman–Crippen LogP) is 2.10. The molecule has 2 aromatic rings. The van der Waals surface area contributed by atoms with E-state index in [1.165, 1.54) is 11.3 Å². The van der Waals surface area contributed by atoms with E-state index in [0.29, 0.717) is 5.52 Å². The maximum absolute atomic E-state index is 12.1. The van der Waals surface area contributed by atoms with Crippen LogP contribution in [0.1, 0.15) is 50.5 Å². The zero-order chi connectivity index (χ0) is 13.6. The normalized spacial score (nSPS) is 20.3. The highest BCUT2D eigenvalue weighted by atomic mass is 32.1. The number of hydrogen-bond acceptors (Lipinski definition) is 5. The van der Waals surface area contributed by atoms with Crippen LogP contribution in [0.3, 0.4) is 0 Å². The Labute approximate surface area is 115 Å². The first kappa shape index (κ1) is 12.7. The van der Waals surface area contributed by atoms with E-state index in [9.17, 15) is 4.79 Å². The Morgan fingerprint density at radius 2 is 2.11 bits per heavy atom. The van der Waals surface area contributed by atoms with Gasteiger partial charge in [0.25, 0.3) is 5.56 Å². The van der Waals surface area contributed by atoms with E-state index < -0.39 is 0 Å². The summed E-state index contributed by atoms with van der Waals surface area (Å²) in [5.41, 5.74) is 0.181. The number of aromatic amines is 1. The number of thiazole rings is 1. The molecule has 2 aromatic heterocycles. The third-order valence-corrected chi connectivity index (χ3v) is 4.42. The highest BCUT2D eigenvalue weighted by Crippen LogP contribution is 2.29. The van der Waals surface area contributed by atoms with Gasteiger partial charge in [-0.05, 0) is 19.4 Å². The first-order chi connectivity index (χ1) is 8.95. The second-order valence-corrected chi connectivity index (χ2v) is 7.03. The lowest BCUT2D eigenvalue weighted by Gasteiger charge is -2.16. The van der Waals surface area contributed by atoms with E-state index in [4.69, 9.17) is 0 Å². The zero-order valence-electron chi connectivity index (χ0n) is 11.4. The average Bonchev–Trinajstić information content (AvgIpc) is 2.95. The Hall–Kier alpha value is -1.27. The molecular weight excluding hydrogens is 260 g/mol. The van der Waals surface area contributed by atoms with Crippen LogP contribution in [-0.2, 0) is 5.41 Å². The third-order valence-electron chi connectivity index (χ3n) is 3.35. The third kappa shape index (κ3) is 2.30. The van der Waals surface area contributed by atoms with Crippen LogP contribution in [0.4, 0.5) is 0 Å². The molecule has 1 saturated heterocycles. The molecule has 102 valence electrons. The van der Waals surface area contributed by atoms with Crippen molar-refractivity contribution in [2.75, 3.05) is 6.54 Å². The summed E-state index contributed by atoms with van der Waals surface area (Å²) < 4.78 is 0. The maximum atomic E-state index is 12.1. The first-order valence-electron chi connectivity index (χ1n) is 6.60. The molecule has 2 N–H and O–H groups in total. The molecule has 0 spiro atoms. The van der Waals surface area contributed by atoms with E-state index in [0.717, 1.165) is 35.0 Å². The summed E-state index contributed by atoms with van der Waals surface area (Å²) in [4.78, 5) is 24.7. The van der Waals surface area contributed by atoms with Gasteiger partial charge in [-0.3, -0.25) is 4.79 Å². The molecule has 3 rings (SSSR count). The smallest absolute Gasteiger partial charge is 0.278 e. The Morgan fingerprint density at radius 3 is 2.74 bits per heavy atom. The Balaban J connectivity index is 2.12. The number of hydrogen-bond donors (Lipinski definition) is 2. The van der Waals surface area contributed by atoms with Crippen LogP contribution in [0.15, 0.2) is 4.79 Å². The fourth-order valence-corrected chi connectivity index (χ4v) is 3.30. The minimum Gasteiger partial charge on any atom is -0.308 e. The summed E-state index contributed by atoms with van der Waals surface area (Å²) in [6.45, 7) is 7.14. The summed E-state index contributed by atoms with van der Waals surface area (Å²) in [6, 6.07) is 0.289. The molecule has 1 atom stereocenters. The van der Waals surface area contributed by atoms with E-state index in [-0.39, 0.29) is 17.0 Å². The van der Waals surface area contributed by atoms with E-state index >= 15 is 0 Å². The van der Waals surface area contributed by atoms with Crippen LogP contribution < -0.4 is 10.9 Å². The quantitative estimate of drug-likeness (QED) is 0.838. The molecule has 0 aromatic carbocycles. The van der Waals surface area contributed by atoms with Crippen molar-refractivity contribution in [2.24, 2.45) is 0 Å². The molecule has 0 amide bonds. The van der Waals surface area contributed by atoms with Crippen molar-refractivity contribution >= 4 is 21.7 Å².